The molecule has 0 unspecified atom stereocenters. The van der Waals surface area contributed by atoms with Gasteiger partial charge in [-0.3, -0.25) is 9.59 Å². The van der Waals surface area contributed by atoms with Gasteiger partial charge in [-0.05, 0) is 6.42 Å². The Labute approximate surface area is 137 Å². The minimum Gasteiger partial charge on any atom is -0.491 e. The van der Waals surface area contributed by atoms with E-state index in [4.69, 9.17) is 14.6 Å². The van der Waals surface area contributed by atoms with Crippen LogP contribution in [-0.2, 0) is 4.79 Å². The normalized spacial score (nSPS) is 12.1. The molecule has 2 heterocycles. The van der Waals surface area contributed by atoms with Gasteiger partial charge < -0.3 is 14.6 Å². The number of hydrogen-bond donors (Lipinski definition) is 1. The van der Waals surface area contributed by atoms with Crippen molar-refractivity contribution in [3.05, 3.63) is 11.1 Å². The van der Waals surface area contributed by atoms with Crippen LogP contribution in [0.1, 0.15) is 36.0 Å². The molecule has 23 heavy (non-hydrogen) atoms. The van der Waals surface area contributed by atoms with Crippen molar-refractivity contribution in [2.24, 2.45) is 5.92 Å². The fourth-order valence-corrected chi connectivity index (χ4v) is 3.10. The Balaban J connectivity index is 2.29. The predicted octanol–water partition coefficient (Wildman–Crippen LogP) is 2.78. The molecule has 2 aromatic heterocycles. The topological polar surface area (TPSA) is 98.6 Å². The Morgan fingerprint density at radius 3 is 2.61 bits per heavy atom. The maximum absolute atomic E-state index is 12.3. The van der Waals surface area contributed by atoms with E-state index in [-0.39, 0.29) is 17.2 Å². The summed E-state index contributed by atoms with van der Waals surface area (Å²) >= 11 is 1.17. The van der Waals surface area contributed by atoms with Gasteiger partial charge in [-0.2, -0.15) is 4.98 Å². The third-order valence-electron chi connectivity index (χ3n) is 3.38. The van der Waals surface area contributed by atoms with Gasteiger partial charge in [0.25, 0.3) is 5.88 Å². The molecule has 0 fully saturated rings. The third kappa shape index (κ3) is 3.76. The van der Waals surface area contributed by atoms with Crippen LogP contribution in [-0.4, -0.2) is 41.0 Å². The minimum absolute atomic E-state index is 0.0583. The SMILES string of the molecule is CCC[C@@H](CC(=O)c1nc2nc(OC)c(OC)cc2s1)C(=O)O. The third-order valence-corrected chi connectivity index (χ3v) is 4.42. The van der Waals surface area contributed by atoms with Gasteiger partial charge >= 0.3 is 5.97 Å². The maximum Gasteiger partial charge on any atom is 0.306 e. The molecule has 2 aromatic rings. The number of hydrogen-bond acceptors (Lipinski definition) is 7. The van der Waals surface area contributed by atoms with Crippen LogP contribution in [0.25, 0.3) is 10.3 Å². The predicted molar refractivity (Wildman–Crippen MR) is 85.5 cm³/mol. The van der Waals surface area contributed by atoms with Crippen molar-refractivity contribution in [1.82, 2.24) is 9.97 Å². The molecule has 124 valence electrons. The van der Waals surface area contributed by atoms with E-state index in [1.54, 1.807) is 6.07 Å². The van der Waals surface area contributed by atoms with Crippen LogP contribution in [0, 0.1) is 5.92 Å². The molecule has 0 amide bonds. The van der Waals surface area contributed by atoms with E-state index in [0.717, 1.165) is 0 Å². The van der Waals surface area contributed by atoms with Gasteiger partial charge in [0.05, 0.1) is 24.8 Å². The Bertz CT molecular complexity index is 687. The number of Topliss-reactive ketones (excluding diaryl/α,β-unsaturated/α-hetero) is 1. The fraction of sp³-hybridized carbons (Fsp3) is 0.467. The summed E-state index contributed by atoms with van der Waals surface area (Å²) in [7, 11) is 2.97. The molecule has 0 aromatic carbocycles. The molecule has 1 atom stereocenters. The second-order valence-electron chi connectivity index (χ2n) is 4.99. The molecule has 0 aliphatic rings. The minimum atomic E-state index is -0.956. The van der Waals surface area contributed by atoms with Crippen molar-refractivity contribution < 1.29 is 24.2 Å². The van der Waals surface area contributed by atoms with Crippen LogP contribution in [0.3, 0.4) is 0 Å². The number of carboxylic acid groups (broad SMARTS) is 1. The quantitative estimate of drug-likeness (QED) is 0.739. The Kier molecular flexibility index (Phi) is 5.49. The molecule has 1 N–H and O–H groups in total. The van der Waals surface area contributed by atoms with Crippen LogP contribution in [0.15, 0.2) is 6.07 Å². The highest BCUT2D eigenvalue weighted by molar-refractivity contribution is 7.20. The lowest BCUT2D eigenvalue weighted by atomic mass is 9.98. The number of carbonyl (C=O) groups is 2. The molecule has 0 aliphatic carbocycles. The number of methoxy groups -OCH3 is 2. The highest BCUT2D eigenvalue weighted by Crippen LogP contribution is 2.32. The summed E-state index contributed by atoms with van der Waals surface area (Å²) in [4.78, 5) is 31.9. The molecule has 0 aliphatic heterocycles. The molecule has 0 spiro atoms. The summed E-state index contributed by atoms with van der Waals surface area (Å²) in [5.41, 5.74) is 0.387. The molecule has 0 bridgehead atoms. The number of aliphatic carboxylic acids is 1. The van der Waals surface area contributed by atoms with Crippen molar-refractivity contribution in [2.75, 3.05) is 14.2 Å². The number of aromatic nitrogens is 2. The summed E-state index contributed by atoms with van der Waals surface area (Å²) in [6.45, 7) is 1.89. The summed E-state index contributed by atoms with van der Waals surface area (Å²) in [5.74, 6) is -1.18. The van der Waals surface area contributed by atoms with E-state index >= 15 is 0 Å². The first kappa shape index (κ1) is 17.1. The zero-order valence-electron chi connectivity index (χ0n) is 13.2. The van der Waals surface area contributed by atoms with Crippen molar-refractivity contribution in [1.29, 1.82) is 0 Å². The van der Waals surface area contributed by atoms with Crippen LogP contribution < -0.4 is 9.47 Å². The van der Waals surface area contributed by atoms with Gasteiger partial charge in [-0.1, -0.05) is 13.3 Å². The first-order valence-electron chi connectivity index (χ1n) is 7.15. The molecule has 8 heteroatoms. The summed E-state index contributed by atoms with van der Waals surface area (Å²) in [5, 5.41) is 9.42. The first-order chi connectivity index (χ1) is 11.0. The van der Waals surface area contributed by atoms with E-state index in [0.29, 0.717) is 34.8 Å². The van der Waals surface area contributed by atoms with E-state index in [1.807, 2.05) is 6.92 Å². The van der Waals surface area contributed by atoms with Crippen molar-refractivity contribution in [2.45, 2.75) is 26.2 Å². The molecule has 0 radical (unpaired) electrons. The van der Waals surface area contributed by atoms with Gasteiger partial charge in [0.2, 0.25) is 0 Å². The van der Waals surface area contributed by atoms with Gasteiger partial charge in [-0.25, -0.2) is 4.98 Å². The first-order valence-corrected chi connectivity index (χ1v) is 7.97. The Hall–Kier alpha value is -2.22. The van der Waals surface area contributed by atoms with E-state index < -0.39 is 11.9 Å². The van der Waals surface area contributed by atoms with E-state index in [9.17, 15) is 9.59 Å². The molecule has 0 saturated heterocycles. The number of fused-ring (bicyclic) bond motifs is 1. The maximum atomic E-state index is 12.3. The number of carboxylic acids is 1. The lowest BCUT2D eigenvalue weighted by Crippen LogP contribution is -2.17. The van der Waals surface area contributed by atoms with Crippen LogP contribution in [0.4, 0.5) is 0 Å². The van der Waals surface area contributed by atoms with Crippen LogP contribution in [0.2, 0.25) is 0 Å². The van der Waals surface area contributed by atoms with Crippen molar-refractivity contribution in [3.63, 3.8) is 0 Å². The fourth-order valence-electron chi connectivity index (χ4n) is 2.21. The Morgan fingerprint density at radius 2 is 2.04 bits per heavy atom. The van der Waals surface area contributed by atoms with Gasteiger partial charge in [0.1, 0.15) is 0 Å². The van der Waals surface area contributed by atoms with Crippen LogP contribution in [0.5, 0.6) is 11.6 Å². The van der Waals surface area contributed by atoms with Crippen LogP contribution >= 0.6 is 11.3 Å². The average molecular weight is 338 g/mol. The van der Waals surface area contributed by atoms with Crippen molar-refractivity contribution >= 4 is 33.4 Å². The summed E-state index contributed by atoms with van der Waals surface area (Å²) < 4.78 is 11.0. The lowest BCUT2D eigenvalue weighted by molar-refractivity contribution is -0.141. The summed E-state index contributed by atoms with van der Waals surface area (Å²) in [6, 6.07) is 1.70. The number of ether oxygens (including phenoxy) is 2. The van der Waals surface area contributed by atoms with Gasteiger partial charge in [0.15, 0.2) is 22.2 Å². The second-order valence-corrected chi connectivity index (χ2v) is 6.02. The lowest BCUT2D eigenvalue weighted by Gasteiger charge is -2.08. The van der Waals surface area contributed by atoms with E-state index in [1.165, 1.54) is 25.6 Å². The van der Waals surface area contributed by atoms with Gasteiger partial charge in [0, 0.05) is 12.5 Å². The van der Waals surface area contributed by atoms with Crippen molar-refractivity contribution in [3.8, 4) is 11.6 Å². The van der Waals surface area contributed by atoms with E-state index in [2.05, 4.69) is 9.97 Å². The average Bonchev–Trinajstić information content (AvgIpc) is 2.95. The Morgan fingerprint density at radius 1 is 1.30 bits per heavy atom. The zero-order chi connectivity index (χ0) is 17.0. The number of thiazole rings is 1. The summed E-state index contributed by atoms with van der Waals surface area (Å²) in [6.07, 6.45) is 1.11. The smallest absolute Gasteiger partial charge is 0.306 e. The monoisotopic (exact) mass is 338 g/mol. The second kappa shape index (κ2) is 7.36. The molecule has 2 rings (SSSR count). The highest BCUT2D eigenvalue weighted by atomic mass is 32.1. The molecular formula is C15H18N2O5S. The number of pyridine rings is 1. The highest BCUT2D eigenvalue weighted by Gasteiger charge is 2.24. The molecular weight excluding hydrogens is 320 g/mol. The standard InChI is InChI=1S/C15H18N2O5S/c1-4-5-8(15(19)20)6-9(18)14-17-12-11(23-14)7-10(21-2)13(16-12)22-3/h7-8H,4-6H2,1-3H3,(H,19,20)/t8-/m0/s1. The molecule has 7 nitrogen and oxygen atoms in total. The number of carbonyl (C=O) groups excluding carboxylic acids is 1. The van der Waals surface area contributed by atoms with Gasteiger partial charge in [-0.15, -0.1) is 11.3 Å². The number of nitrogens with zero attached hydrogens (tertiary/aromatic N) is 2. The zero-order valence-corrected chi connectivity index (χ0v) is 14.0. The molecule has 0 saturated carbocycles. The number of rotatable bonds is 8. The number of ketones is 1. The largest absolute Gasteiger partial charge is 0.491 e.